The lowest BCUT2D eigenvalue weighted by Crippen LogP contribution is -2.03. The van der Waals surface area contributed by atoms with Gasteiger partial charge in [0, 0.05) is 0 Å². The van der Waals surface area contributed by atoms with E-state index in [1.54, 1.807) is 0 Å². The van der Waals surface area contributed by atoms with E-state index in [2.05, 4.69) is 140 Å². The van der Waals surface area contributed by atoms with E-state index in [1.165, 1.54) is 76.5 Å². The molecular formula is C39H28. The molecule has 7 aromatic carbocycles. The summed E-state index contributed by atoms with van der Waals surface area (Å²) in [7, 11) is 0. The van der Waals surface area contributed by atoms with Gasteiger partial charge in [0.1, 0.15) is 0 Å². The number of rotatable bonds is 2. The van der Waals surface area contributed by atoms with E-state index in [0.717, 1.165) is 6.42 Å². The van der Waals surface area contributed by atoms with Crippen LogP contribution in [0.2, 0.25) is 0 Å². The summed E-state index contributed by atoms with van der Waals surface area (Å²) >= 11 is 0. The molecule has 0 heteroatoms. The van der Waals surface area contributed by atoms with Crippen LogP contribution in [0.3, 0.4) is 0 Å². The first-order chi connectivity index (χ1) is 19.3. The van der Waals surface area contributed by atoms with Gasteiger partial charge in [-0.25, -0.2) is 0 Å². The molecule has 0 saturated carbocycles. The summed E-state index contributed by atoms with van der Waals surface area (Å²) < 4.78 is 0. The van der Waals surface area contributed by atoms with Crippen molar-refractivity contribution >= 4 is 49.2 Å². The van der Waals surface area contributed by atoms with Crippen LogP contribution in [0.4, 0.5) is 0 Å². The molecule has 7 aromatic rings. The number of hydrogen-bond acceptors (Lipinski definition) is 0. The first-order valence-corrected chi connectivity index (χ1v) is 13.9. The lowest BCUT2D eigenvalue weighted by atomic mass is 9.79. The van der Waals surface area contributed by atoms with E-state index in [4.69, 9.17) is 0 Å². The minimum absolute atomic E-state index is 0.492. The largest absolute Gasteiger partial charge is 0.0833 e. The van der Waals surface area contributed by atoms with Crippen molar-refractivity contribution in [1.29, 1.82) is 0 Å². The molecule has 8 rings (SSSR count). The Morgan fingerprint density at radius 1 is 0.513 bits per heavy atom. The van der Waals surface area contributed by atoms with Gasteiger partial charge in [-0.05, 0) is 94.9 Å². The number of hydrogen-bond donors (Lipinski definition) is 0. The average molecular weight is 497 g/mol. The molecule has 0 heterocycles. The summed E-state index contributed by atoms with van der Waals surface area (Å²) in [6.45, 7) is 2.38. The molecule has 39 heavy (non-hydrogen) atoms. The molecule has 1 aliphatic carbocycles. The summed E-state index contributed by atoms with van der Waals surface area (Å²) in [6, 6.07) is 44.8. The Hall–Kier alpha value is -4.68. The molecule has 0 aromatic heterocycles. The third kappa shape index (κ3) is 3.38. The van der Waals surface area contributed by atoms with Crippen molar-refractivity contribution in [2.75, 3.05) is 0 Å². The summed E-state index contributed by atoms with van der Waals surface area (Å²) in [4.78, 5) is 0. The van der Waals surface area contributed by atoms with Crippen molar-refractivity contribution in [2.45, 2.75) is 19.3 Å². The second kappa shape index (κ2) is 8.68. The zero-order valence-corrected chi connectivity index (χ0v) is 22.0. The van der Waals surface area contributed by atoms with Crippen LogP contribution in [0.1, 0.15) is 30.4 Å². The Balaban J connectivity index is 1.40. The lowest BCUT2D eigenvalue weighted by molar-refractivity contribution is 0.781. The fourth-order valence-corrected chi connectivity index (χ4v) is 6.86. The molecule has 0 N–H and O–H groups in total. The molecule has 0 aliphatic heterocycles. The fourth-order valence-electron chi connectivity index (χ4n) is 6.86. The molecule has 184 valence electrons. The predicted molar refractivity (Wildman–Crippen MR) is 169 cm³/mol. The molecule has 1 atom stereocenters. The molecule has 0 nitrogen and oxygen atoms in total. The van der Waals surface area contributed by atoms with Crippen LogP contribution in [-0.4, -0.2) is 0 Å². The molecule has 1 unspecified atom stereocenters. The summed E-state index contributed by atoms with van der Waals surface area (Å²) in [6.07, 6.45) is 5.79. The van der Waals surface area contributed by atoms with Crippen LogP contribution in [0.5, 0.6) is 0 Å². The standard InChI is InChI=1S/C39H28/c1-25-10-8-19-34-31-14-4-5-15-32(31)37-24-36(33-16-6-7-17-35(33)39(37)38(25)34)28-22-20-27(21-23-28)30-18-9-12-26-11-2-3-13-29(26)30/h2-9,11-25H,10H2,1H3. The second-order valence-electron chi connectivity index (χ2n) is 10.9. The molecule has 1 aliphatic rings. The highest BCUT2D eigenvalue weighted by Crippen LogP contribution is 2.46. The van der Waals surface area contributed by atoms with Gasteiger partial charge in [-0.1, -0.05) is 134 Å². The Morgan fingerprint density at radius 2 is 1.13 bits per heavy atom. The fraction of sp³-hybridized carbons (Fsp3) is 0.0769. The Bertz CT molecular complexity index is 2090. The van der Waals surface area contributed by atoms with Gasteiger partial charge in [0.15, 0.2) is 0 Å². The maximum absolute atomic E-state index is 2.46. The zero-order valence-electron chi connectivity index (χ0n) is 22.0. The van der Waals surface area contributed by atoms with E-state index >= 15 is 0 Å². The molecule has 0 radical (unpaired) electrons. The van der Waals surface area contributed by atoms with Crippen molar-refractivity contribution in [3.05, 3.63) is 139 Å². The van der Waals surface area contributed by atoms with Gasteiger partial charge in [-0.15, -0.1) is 0 Å². The van der Waals surface area contributed by atoms with E-state index in [9.17, 15) is 0 Å². The van der Waals surface area contributed by atoms with Crippen LogP contribution in [0.25, 0.3) is 71.4 Å². The Morgan fingerprint density at radius 3 is 1.92 bits per heavy atom. The normalized spacial score (nSPS) is 14.8. The summed E-state index contributed by atoms with van der Waals surface area (Å²) in [5.41, 5.74) is 7.98. The molecule has 0 spiro atoms. The monoisotopic (exact) mass is 496 g/mol. The Labute approximate surface area is 228 Å². The van der Waals surface area contributed by atoms with Gasteiger partial charge < -0.3 is 0 Å². The minimum Gasteiger partial charge on any atom is -0.0833 e. The summed E-state index contributed by atoms with van der Waals surface area (Å²) in [5.74, 6) is 0.492. The van der Waals surface area contributed by atoms with Gasteiger partial charge in [-0.2, -0.15) is 0 Å². The topological polar surface area (TPSA) is 0 Å². The maximum Gasteiger partial charge on any atom is -0.00576 e. The third-order valence-corrected chi connectivity index (χ3v) is 8.68. The number of benzene rings is 7. The molecule has 0 fully saturated rings. The van der Waals surface area contributed by atoms with E-state index in [0.29, 0.717) is 5.92 Å². The van der Waals surface area contributed by atoms with E-state index in [-0.39, 0.29) is 0 Å². The van der Waals surface area contributed by atoms with Crippen molar-refractivity contribution in [3.8, 4) is 22.3 Å². The molecule has 0 saturated heterocycles. The van der Waals surface area contributed by atoms with Crippen LogP contribution in [0.15, 0.2) is 127 Å². The zero-order chi connectivity index (χ0) is 25.9. The summed E-state index contributed by atoms with van der Waals surface area (Å²) in [5, 5.41) is 10.7. The first-order valence-electron chi connectivity index (χ1n) is 13.9. The number of fused-ring (bicyclic) bond motifs is 9. The highest BCUT2D eigenvalue weighted by atomic mass is 14.3. The SMILES string of the molecule is CC1CC=Cc2c1c1c3ccccc3c(-c3ccc(-c4cccc5ccccc45)cc3)cc1c1ccccc21. The van der Waals surface area contributed by atoms with Crippen molar-refractivity contribution in [1.82, 2.24) is 0 Å². The molecule has 0 bridgehead atoms. The quantitative estimate of drug-likeness (QED) is 0.209. The van der Waals surface area contributed by atoms with Gasteiger partial charge in [0.2, 0.25) is 0 Å². The van der Waals surface area contributed by atoms with Crippen molar-refractivity contribution in [3.63, 3.8) is 0 Å². The van der Waals surface area contributed by atoms with Crippen LogP contribution >= 0.6 is 0 Å². The van der Waals surface area contributed by atoms with Crippen molar-refractivity contribution in [2.24, 2.45) is 0 Å². The van der Waals surface area contributed by atoms with Gasteiger partial charge in [-0.3, -0.25) is 0 Å². The predicted octanol–water partition coefficient (Wildman–Crippen LogP) is 11.2. The van der Waals surface area contributed by atoms with Crippen LogP contribution in [-0.2, 0) is 0 Å². The number of allylic oxidation sites excluding steroid dienone is 1. The highest BCUT2D eigenvalue weighted by molar-refractivity contribution is 6.24. The second-order valence-corrected chi connectivity index (χ2v) is 10.9. The third-order valence-electron chi connectivity index (χ3n) is 8.68. The smallest absolute Gasteiger partial charge is 0.00576 e. The van der Waals surface area contributed by atoms with Crippen molar-refractivity contribution < 1.29 is 0 Å². The van der Waals surface area contributed by atoms with Gasteiger partial charge >= 0.3 is 0 Å². The Kier molecular flexibility index (Phi) is 4.97. The molecule has 0 amide bonds. The lowest BCUT2D eigenvalue weighted by Gasteiger charge is -2.25. The van der Waals surface area contributed by atoms with E-state index < -0.39 is 0 Å². The van der Waals surface area contributed by atoms with Crippen LogP contribution < -0.4 is 0 Å². The average Bonchev–Trinajstić information content (AvgIpc) is 3.00. The maximum atomic E-state index is 2.46. The minimum atomic E-state index is 0.492. The van der Waals surface area contributed by atoms with Gasteiger partial charge in [0.25, 0.3) is 0 Å². The first kappa shape index (κ1) is 22.3. The van der Waals surface area contributed by atoms with E-state index in [1.807, 2.05) is 0 Å². The van der Waals surface area contributed by atoms with Gasteiger partial charge in [0.05, 0.1) is 0 Å². The highest BCUT2D eigenvalue weighted by Gasteiger charge is 2.22. The molecular weight excluding hydrogens is 468 g/mol. The van der Waals surface area contributed by atoms with Crippen LogP contribution in [0, 0.1) is 0 Å².